The summed E-state index contributed by atoms with van der Waals surface area (Å²) in [5.41, 5.74) is -0.410. The molecule has 1 rings (SSSR count). The fourth-order valence-electron chi connectivity index (χ4n) is 1.86. The molecule has 0 aromatic carbocycles. The molecule has 1 fully saturated rings. The largest absolute Gasteiger partial charge is 0.353 e. The molecule has 1 heterocycles. The van der Waals surface area contributed by atoms with Crippen molar-refractivity contribution >= 4 is 16.1 Å². The van der Waals surface area contributed by atoms with Crippen LogP contribution < -0.4 is 5.32 Å². The first-order valence-electron chi connectivity index (χ1n) is 6.53. The molecular weight excluding hydrogens is 266 g/mol. The minimum Gasteiger partial charge on any atom is -0.353 e. The second-order valence-electron chi connectivity index (χ2n) is 6.19. The zero-order valence-corrected chi connectivity index (χ0v) is 13.2. The number of carbonyl (C=O) groups excluding carboxylic acids is 1. The van der Waals surface area contributed by atoms with Gasteiger partial charge in [-0.3, -0.25) is 4.79 Å². The summed E-state index contributed by atoms with van der Waals surface area (Å²) in [5.74, 6) is 0.0152. The molecule has 0 bridgehead atoms. The van der Waals surface area contributed by atoms with E-state index >= 15 is 0 Å². The summed E-state index contributed by atoms with van der Waals surface area (Å²) in [6, 6.07) is 0.0698. The summed E-state index contributed by atoms with van der Waals surface area (Å²) in [6.45, 7) is 6.51. The van der Waals surface area contributed by atoms with Crippen LogP contribution in [0.25, 0.3) is 0 Å². The van der Waals surface area contributed by atoms with Crippen LogP contribution in [-0.2, 0) is 15.0 Å². The third kappa shape index (κ3) is 4.15. The van der Waals surface area contributed by atoms with Gasteiger partial charge in [-0.05, 0) is 12.8 Å². The van der Waals surface area contributed by atoms with Gasteiger partial charge in [0.1, 0.15) is 0 Å². The van der Waals surface area contributed by atoms with Gasteiger partial charge in [0, 0.05) is 38.6 Å². The summed E-state index contributed by atoms with van der Waals surface area (Å²) in [7, 11) is -0.265. The number of rotatable bonds is 3. The maximum Gasteiger partial charge on any atom is 0.281 e. The number of nitrogens with zero attached hydrogens (tertiary/aromatic N) is 2. The summed E-state index contributed by atoms with van der Waals surface area (Å²) >= 11 is 0. The summed E-state index contributed by atoms with van der Waals surface area (Å²) in [5, 5.41) is 2.99. The van der Waals surface area contributed by atoms with E-state index in [0.29, 0.717) is 25.9 Å². The average Bonchev–Trinajstić information content (AvgIpc) is 2.28. The van der Waals surface area contributed by atoms with E-state index in [4.69, 9.17) is 0 Å². The predicted molar refractivity (Wildman–Crippen MR) is 74.8 cm³/mol. The number of carbonyl (C=O) groups is 1. The zero-order valence-electron chi connectivity index (χ0n) is 12.4. The Hall–Kier alpha value is -0.660. The van der Waals surface area contributed by atoms with Gasteiger partial charge in [-0.25, -0.2) is 0 Å². The van der Waals surface area contributed by atoms with E-state index in [9.17, 15) is 13.2 Å². The fourth-order valence-corrected chi connectivity index (χ4v) is 3.00. The van der Waals surface area contributed by atoms with Crippen LogP contribution in [0.4, 0.5) is 0 Å². The molecule has 0 spiro atoms. The van der Waals surface area contributed by atoms with Gasteiger partial charge in [-0.2, -0.15) is 17.0 Å². The minimum atomic E-state index is -3.33. The molecule has 1 aliphatic heterocycles. The fraction of sp³-hybridized carbons (Fsp3) is 0.917. The second kappa shape index (κ2) is 5.76. The molecule has 0 atom stereocenters. The molecule has 0 aromatic rings. The van der Waals surface area contributed by atoms with Crippen molar-refractivity contribution in [3.05, 3.63) is 0 Å². The summed E-state index contributed by atoms with van der Waals surface area (Å²) < 4.78 is 26.6. The number of hydrogen-bond donors (Lipinski definition) is 1. The Labute approximate surface area is 116 Å². The van der Waals surface area contributed by atoms with Crippen LogP contribution >= 0.6 is 0 Å². The smallest absolute Gasteiger partial charge is 0.281 e. The molecule has 0 aliphatic carbocycles. The Morgan fingerprint density at radius 3 is 2.05 bits per heavy atom. The Balaban J connectivity index is 2.53. The van der Waals surface area contributed by atoms with Crippen molar-refractivity contribution in [2.45, 2.75) is 39.7 Å². The van der Waals surface area contributed by atoms with Gasteiger partial charge in [0.2, 0.25) is 5.91 Å². The van der Waals surface area contributed by atoms with Crippen molar-refractivity contribution in [3.63, 3.8) is 0 Å². The van der Waals surface area contributed by atoms with Gasteiger partial charge in [0.15, 0.2) is 0 Å². The molecule has 0 radical (unpaired) electrons. The number of piperidine rings is 1. The van der Waals surface area contributed by atoms with Crippen molar-refractivity contribution in [3.8, 4) is 0 Å². The van der Waals surface area contributed by atoms with Gasteiger partial charge < -0.3 is 5.32 Å². The molecule has 0 unspecified atom stereocenters. The standard InChI is InChI=1S/C12H25N3O3S/c1-12(2,3)11(16)13-10-6-8-15(9-7-10)19(17,18)14(4)5/h10H,6-9H2,1-5H3,(H,13,16). The van der Waals surface area contributed by atoms with E-state index in [1.165, 1.54) is 22.7 Å². The molecule has 1 aliphatic rings. The molecule has 1 saturated heterocycles. The molecule has 0 saturated carbocycles. The van der Waals surface area contributed by atoms with Crippen LogP contribution in [0, 0.1) is 5.41 Å². The average molecular weight is 291 g/mol. The highest BCUT2D eigenvalue weighted by molar-refractivity contribution is 7.86. The minimum absolute atomic E-state index is 0.0152. The highest BCUT2D eigenvalue weighted by Gasteiger charge is 2.31. The van der Waals surface area contributed by atoms with Crippen LogP contribution in [0.3, 0.4) is 0 Å². The van der Waals surface area contributed by atoms with Gasteiger partial charge in [-0.15, -0.1) is 0 Å². The van der Waals surface area contributed by atoms with Gasteiger partial charge >= 0.3 is 0 Å². The third-order valence-corrected chi connectivity index (χ3v) is 5.20. The SMILES string of the molecule is CN(C)S(=O)(=O)N1CCC(NC(=O)C(C)(C)C)CC1. The van der Waals surface area contributed by atoms with Crippen LogP contribution in [0.5, 0.6) is 0 Å². The van der Waals surface area contributed by atoms with E-state index in [2.05, 4.69) is 5.32 Å². The Morgan fingerprint density at radius 2 is 1.68 bits per heavy atom. The zero-order chi connectivity index (χ0) is 14.8. The predicted octanol–water partition coefficient (Wildman–Crippen LogP) is 0.420. The monoisotopic (exact) mass is 291 g/mol. The van der Waals surface area contributed by atoms with Crippen LogP contribution in [0.2, 0.25) is 0 Å². The van der Waals surface area contributed by atoms with Crippen molar-refractivity contribution < 1.29 is 13.2 Å². The maximum atomic E-state index is 11.9. The van der Waals surface area contributed by atoms with E-state index < -0.39 is 15.6 Å². The van der Waals surface area contributed by atoms with Crippen molar-refractivity contribution in [1.82, 2.24) is 13.9 Å². The lowest BCUT2D eigenvalue weighted by Crippen LogP contribution is -2.50. The molecule has 7 heteroatoms. The first-order chi connectivity index (χ1) is 8.55. The van der Waals surface area contributed by atoms with Crippen molar-refractivity contribution in [1.29, 1.82) is 0 Å². The Morgan fingerprint density at radius 1 is 1.21 bits per heavy atom. The van der Waals surface area contributed by atoms with E-state index in [1.807, 2.05) is 20.8 Å². The van der Waals surface area contributed by atoms with Crippen LogP contribution in [-0.4, -0.2) is 56.2 Å². The molecule has 1 N–H and O–H groups in total. The Kier molecular flexibility index (Phi) is 4.97. The van der Waals surface area contributed by atoms with Gasteiger partial charge in [-0.1, -0.05) is 20.8 Å². The van der Waals surface area contributed by atoms with E-state index in [1.54, 1.807) is 0 Å². The lowest BCUT2D eigenvalue weighted by molar-refractivity contribution is -0.129. The molecule has 6 nitrogen and oxygen atoms in total. The second-order valence-corrected chi connectivity index (χ2v) is 8.33. The highest BCUT2D eigenvalue weighted by atomic mass is 32.2. The molecule has 112 valence electrons. The van der Waals surface area contributed by atoms with Gasteiger partial charge in [0.25, 0.3) is 10.2 Å². The molecule has 0 aromatic heterocycles. The van der Waals surface area contributed by atoms with Crippen LogP contribution in [0.1, 0.15) is 33.6 Å². The normalized spacial score (nSPS) is 19.7. The Bertz CT molecular complexity index is 418. The maximum absolute atomic E-state index is 11.9. The quantitative estimate of drug-likeness (QED) is 0.819. The van der Waals surface area contributed by atoms with Gasteiger partial charge in [0.05, 0.1) is 0 Å². The number of hydrogen-bond acceptors (Lipinski definition) is 3. The first-order valence-corrected chi connectivity index (χ1v) is 7.93. The van der Waals surface area contributed by atoms with E-state index in [0.717, 1.165) is 0 Å². The third-order valence-electron chi connectivity index (χ3n) is 3.26. The summed E-state index contributed by atoms with van der Waals surface area (Å²) in [6.07, 6.45) is 1.32. The van der Waals surface area contributed by atoms with E-state index in [-0.39, 0.29) is 11.9 Å². The molecule has 1 amide bonds. The number of amides is 1. The van der Waals surface area contributed by atoms with Crippen molar-refractivity contribution in [2.75, 3.05) is 27.2 Å². The van der Waals surface area contributed by atoms with Crippen LogP contribution in [0.15, 0.2) is 0 Å². The number of nitrogens with one attached hydrogen (secondary N) is 1. The van der Waals surface area contributed by atoms with Crippen molar-refractivity contribution in [2.24, 2.45) is 5.41 Å². The molecular formula is C12H25N3O3S. The molecule has 19 heavy (non-hydrogen) atoms. The lowest BCUT2D eigenvalue weighted by atomic mass is 9.94. The highest BCUT2D eigenvalue weighted by Crippen LogP contribution is 2.18. The summed E-state index contributed by atoms with van der Waals surface area (Å²) in [4.78, 5) is 11.9. The first kappa shape index (κ1) is 16.4. The topological polar surface area (TPSA) is 69.7 Å². The lowest BCUT2D eigenvalue weighted by Gasteiger charge is -2.34.